The number of ether oxygens (including phenoxy) is 3. The summed E-state index contributed by atoms with van der Waals surface area (Å²) in [5, 5.41) is 1.89. The third-order valence-electron chi connectivity index (χ3n) is 4.13. The summed E-state index contributed by atoms with van der Waals surface area (Å²) in [6, 6.07) is 8.63. The number of Topliss-reactive ketones (excluding diaryl/α,β-unsaturated/α-hetero) is 1. The first-order chi connectivity index (χ1) is 13.6. The van der Waals surface area contributed by atoms with Gasteiger partial charge >= 0.3 is 5.97 Å². The highest BCUT2D eigenvalue weighted by atomic mass is 32.1. The van der Waals surface area contributed by atoms with Crippen molar-refractivity contribution in [3.8, 4) is 22.3 Å². The molecule has 7 nitrogen and oxygen atoms in total. The number of benzene rings is 1. The molecule has 0 fully saturated rings. The maximum atomic E-state index is 12.4. The van der Waals surface area contributed by atoms with Crippen LogP contribution in [0, 0.1) is 6.92 Å². The van der Waals surface area contributed by atoms with Crippen LogP contribution in [-0.2, 0) is 4.74 Å². The average molecular weight is 399 g/mol. The van der Waals surface area contributed by atoms with E-state index in [0.29, 0.717) is 41.9 Å². The molecule has 0 aliphatic carbocycles. The van der Waals surface area contributed by atoms with Crippen molar-refractivity contribution in [3.63, 3.8) is 0 Å². The lowest BCUT2D eigenvalue weighted by Crippen LogP contribution is -2.15. The van der Waals surface area contributed by atoms with Gasteiger partial charge in [-0.15, -0.1) is 11.3 Å². The van der Waals surface area contributed by atoms with Crippen LogP contribution in [0.25, 0.3) is 10.8 Å². The monoisotopic (exact) mass is 399 g/mol. The van der Waals surface area contributed by atoms with E-state index >= 15 is 0 Å². The lowest BCUT2D eigenvalue weighted by Gasteiger charge is -2.09. The second kappa shape index (κ2) is 7.85. The first-order valence-corrected chi connectivity index (χ1v) is 9.61. The highest BCUT2D eigenvalue weighted by Gasteiger charge is 2.21. The molecule has 3 heterocycles. The standard InChI is InChI=1S/C20H17NO6S/c1-12-18(21-19(27-12)17-4-2-9-28-17)20(23)26-11-14(22)13-5-6-15-16(10-13)25-8-3-7-24-15/h2,4-6,9-10H,3,7-8,11H2,1H3. The van der Waals surface area contributed by atoms with Crippen LogP contribution in [0.4, 0.5) is 0 Å². The average Bonchev–Trinajstić information content (AvgIpc) is 3.30. The summed E-state index contributed by atoms with van der Waals surface area (Å²) in [6.45, 7) is 2.32. The van der Waals surface area contributed by atoms with Gasteiger partial charge in [0.1, 0.15) is 5.76 Å². The molecule has 28 heavy (non-hydrogen) atoms. The zero-order valence-corrected chi connectivity index (χ0v) is 15.9. The fraction of sp³-hybridized carbons (Fsp3) is 0.250. The highest BCUT2D eigenvalue weighted by molar-refractivity contribution is 7.13. The Bertz CT molecular complexity index is 1010. The zero-order valence-electron chi connectivity index (χ0n) is 15.1. The number of aryl methyl sites for hydroxylation is 1. The lowest BCUT2D eigenvalue weighted by atomic mass is 10.1. The maximum absolute atomic E-state index is 12.4. The molecule has 1 aliphatic heterocycles. The SMILES string of the molecule is Cc1oc(-c2cccs2)nc1C(=O)OCC(=O)c1ccc2c(c1)OCCCO2. The van der Waals surface area contributed by atoms with E-state index in [1.54, 1.807) is 25.1 Å². The molecule has 2 aromatic heterocycles. The topological polar surface area (TPSA) is 87.9 Å². The van der Waals surface area contributed by atoms with Crippen molar-refractivity contribution in [2.45, 2.75) is 13.3 Å². The molecule has 0 N–H and O–H groups in total. The summed E-state index contributed by atoms with van der Waals surface area (Å²) in [6.07, 6.45) is 0.778. The largest absolute Gasteiger partial charge is 0.490 e. The molecule has 0 saturated carbocycles. The van der Waals surface area contributed by atoms with Crippen LogP contribution in [0.3, 0.4) is 0 Å². The van der Waals surface area contributed by atoms with Gasteiger partial charge in [-0.25, -0.2) is 9.78 Å². The Hall–Kier alpha value is -3.13. The number of carbonyl (C=O) groups is 2. The highest BCUT2D eigenvalue weighted by Crippen LogP contribution is 2.30. The van der Waals surface area contributed by atoms with Crippen molar-refractivity contribution in [1.82, 2.24) is 4.98 Å². The minimum absolute atomic E-state index is 0.0647. The van der Waals surface area contributed by atoms with Crippen LogP contribution < -0.4 is 9.47 Å². The van der Waals surface area contributed by atoms with Crippen LogP contribution in [0.15, 0.2) is 40.1 Å². The molecule has 0 saturated heterocycles. The number of rotatable bonds is 5. The van der Waals surface area contributed by atoms with E-state index in [9.17, 15) is 9.59 Å². The Kier molecular flexibility index (Phi) is 5.12. The molecule has 4 rings (SSSR count). The fourth-order valence-corrected chi connectivity index (χ4v) is 3.36. The van der Waals surface area contributed by atoms with Gasteiger partial charge in [-0.2, -0.15) is 0 Å². The summed E-state index contributed by atoms with van der Waals surface area (Å²) in [4.78, 5) is 29.7. The van der Waals surface area contributed by atoms with Crippen molar-refractivity contribution in [2.75, 3.05) is 19.8 Å². The van der Waals surface area contributed by atoms with Crippen LogP contribution >= 0.6 is 11.3 Å². The van der Waals surface area contributed by atoms with Crippen molar-refractivity contribution in [2.24, 2.45) is 0 Å². The van der Waals surface area contributed by atoms with E-state index in [-0.39, 0.29) is 11.5 Å². The first kappa shape index (κ1) is 18.2. The van der Waals surface area contributed by atoms with E-state index < -0.39 is 12.6 Å². The van der Waals surface area contributed by atoms with Gasteiger partial charge in [0.05, 0.1) is 18.1 Å². The van der Waals surface area contributed by atoms with E-state index in [1.807, 2.05) is 17.5 Å². The van der Waals surface area contributed by atoms with Gasteiger partial charge < -0.3 is 18.6 Å². The maximum Gasteiger partial charge on any atom is 0.361 e. The van der Waals surface area contributed by atoms with E-state index in [2.05, 4.69) is 4.98 Å². The number of hydrogen-bond acceptors (Lipinski definition) is 8. The van der Waals surface area contributed by atoms with Crippen LogP contribution in [0.5, 0.6) is 11.5 Å². The lowest BCUT2D eigenvalue weighted by molar-refractivity contribution is 0.0467. The molecule has 0 bridgehead atoms. The molecule has 0 spiro atoms. The normalized spacial score (nSPS) is 13.0. The van der Waals surface area contributed by atoms with Gasteiger partial charge in [-0.1, -0.05) is 6.07 Å². The van der Waals surface area contributed by atoms with Crippen LogP contribution in [0.1, 0.15) is 33.0 Å². The van der Waals surface area contributed by atoms with Crippen molar-refractivity contribution in [1.29, 1.82) is 0 Å². The third kappa shape index (κ3) is 3.77. The van der Waals surface area contributed by atoms with E-state index in [0.717, 1.165) is 11.3 Å². The smallest absolute Gasteiger partial charge is 0.361 e. The van der Waals surface area contributed by atoms with Crippen molar-refractivity contribution >= 4 is 23.1 Å². The van der Waals surface area contributed by atoms with Gasteiger partial charge in [0.15, 0.2) is 29.6 Å². The molecule has 1 aromatic carbocycles. The Morgan fingerprint density at radius 2 is 2.00 bits per heavy atom. The van der Waals surface area contributed by atoms with Gasteiger partial charge in [0.2, 0.25) is 5.89 Å². The fourth-order valence-electron chi connectivity index (χ4n) is 2.71. The van der Waals surface area contributed by atoms with E-state index in [1.165, 1.54) is 11.3 Å². The van der Waals surface area contributed by atoms with Gasteiger partial charge in [0.25, 0.3) is 0 Å². The number of ketones is 1. The Morgan fingerprint density at radius 3 is 2.79 bits per heavy atom. The molecule has 8 heteroatoms. The molecule has 1 aliphatic rings. The quantitative estimate of drug-likeness (QED) is 0.475. The Labute approximate surface area is 164 Å². The predicted octanol–water partition coefficient (Wildman–Crippen LogP) is 3.91. The molecular formula is C20H17NO6S. The first-order valence-electron chi connectivity index (χ1n) is 8.73. The summed E-state index contributed by atoms with van der Waals surface area (Å²) in [5.41, 5.74) is 0.447. The molecule has 0 atom stereocenters. The summed E-state index contributed by atoms with van der Waals surface area (Å²) >= 11 is 1.45. The minimum atomic E-state index is -0.702. The van der Waals surface area contributed by atoms with Crippen LogP contribution in [-0.4, -0.2) is 36.6 Å². The van der Waals surface area contributed by atoms with Crippen molar-refractivity contribution < 1.29 is 28.2 Å². The molecule has 3 aromatic rings. The van der Waals surface area contributed by atoms with Gasteiger partial charge in [-0.3, -0.25) is 4.79 Å². The summed E-state index contributed by atoms with van der Waals surface area (Å²) in [7, 11) is 0. The number of hydrogen-bond donors (Lipinski definition) is 0. The number of thiophene rings is 1. The number of aromatic nitrogens is 1. The Balaban J connectivity index is 1.42. The second-order valence-corrected chi connectivity index (χ2v) is 7.06. The number of carbonyl (C=O) groups excluding carboxylic acids is 2. The van der Waals surface area contributed by atoms with Crippen molar-refractivity contribution in [3.05, 3.63) is 52.7 Å². The molecule has 0 amide bonds. The Morgan fingerprint density at radius 1 is 1.18 bits per heavy atom. The molecule has 0 radical (unpaired) electrons. The number of nitrogens with zero attached hydrogens (tertiary/aromatic N) is 1. The molecular weight excluding hydrogens is 382 g/mol. The second-order valence-electron chi connectivity index (χ2n) is 6.11. The molecule has 144 valence electrons. The number of oxazole rings is 1. The predicted molar refractivity (Wildman–Crippen MR) is 101 cm³/mol. The summed E-state index contributed by atoms with van der Waals surface area (Å²) < 4.78 is 21.8. The number of esters is 1. The summed E-state index contributed by atoms with van der Waals surface area (Å²) in [5.74, 6) is 0.772. The minimum Gasteiger partial charge on any atom is -0.490 e. The molecule has 0 unspecified atom stereocenters. The van der Waals surface area contributed by atoms with Gasteiger partial charge in [0, 0.05) is 12.0 Å². The number of fused-ring (bicyclic) bond motifs is 1. The zero-order chi connectivity index (χ0) is 19.5. The van der Waals surface area contributed by atoms with Gasteiger partial charge in [-0.05, 0) is 36.6 Å². The third-order valence-corrected chi connectivity index (χ3v) is 4.98. The van der Waals surface area contributed by atoms with Crippen LogP contribution in [0.2, 0.25) is 0 Å². The van der Waals surface area contributed by atoms with E-state index in [4.69, 9.17) is 18.6 Å².